The second kappa shape index (κ2) is 13.1. The molecule has 2 rings (SSSR count). The molecule has 0 saturated heterocycles. The minimum atomic E-state index is -1.11. The molecule has 174 valence electrons. The minimum absolute atomic E-state index is 0.147. The van der Waals surface area contributed by atoms with Gasteiger partial charge in [0.1, 0.15) is 6.10 Å². The Morgan fingerprint density at radius 2 is 1.75 bits per heavy atom. The molecule has 2 aromatic carbocycles. The van der Waals surface area contributed by atoms with Crippen LogP contribution >= 0.6 is 11.6 Å². The monoisotopic (exact) mass is 461 g/mol. The van der Waals surface area contributed by atoms with Crippen molar-refractivity contribution in [2.75, 3.05) is 26.7 Å². The number of carbonyl (C=O) groups is 2. The molecule has 0 heterocycles. The number of ether oxygens (including phenoxy) is 1. The highest BCUT2D eigenvalue weighted by Gasteiger charge is 2.18. The number of carboxylic acid groups (broad SMARTS) is 1. The average Bonchev–Trinajstić information content (AvgIpc) is 2.76. The number of hydrogen-bond acceptors (Lipinski definition) is 4. The van der Waals surface area contributed by atoms with Crippen LogP contribution in [-0.2, 0) is 4.74 Å². The molecule has 32 heavy (non-hydrogen) atoms. The SMILES string of the molecule is CN[C@H](CNC(=O)c1cccc(C(OCCNC(=O)O)c2cccc(Cl)c2)c1)CC(C)C. The van der Waals surface area contributed by atoms with Gasteiger partial charge in [0.05, 0.1) is 6.61 Å². The maximum Gasteiger partial charge on any atom is 0.404 e. The highest BCUT2D eigenvalue weighted by molar-refractivity contribution is 6.30. The Bertz CT molecular complexity index is 891. The smallest absolute Gasteiger partial charge is 0.404 e. The number of nitrogens with one attached hydrogen (secondary N) is 3. The van der Waals surface area contributed by atoms with Gasteiger partial charge < -0.3 is 25.8 Å². The molecule has 0 aromatic heterocycles. The summed E-state index contributed by atoms with van der Waals surface area (Å²) in [5.41, 5.74) is 2.13. The van der Waals surface area contributed by atoms with Crippen LogP contribution in [0.5, 0.6) is 0 Å². The highest BCUT2D eigenvalue weighted by Crippen LogP contribution is 2.28. The van der Waals surface area contributed by atoms with Crippen molar-refractivity contribution in [3.63, 3.8) is 0 Å². The lowest BCUT2D eigenvalue weighted by molar-refractivity contribution is 0.0813. The maximum absolute atomic E-state index is 12.8. The zero-order valence-corrected chi connectivity index (χ0v) is 19.5. The zero-order valence-electron chi connectivity index (χ0n) is 18.7. The molecule has 0 aliphatic carbocycles. The maximum atomic E-state index is 12.8. The van der Waals surface area contributed by atoms with Gasteiger partial charge in [0.25, 0.3) is 5.91 Å². The zero-order chi connectivity index (χ0) is 23.5. The lowest BCUT2D eigenvalue weighted by Crippen LogP contribution is -2.40. The van der Waals surface area contributed by atoms with Gasteiger partial charge in [-0.15, -0.1) is 0 Å². The molecule has 0 saturated carbocycles. The first kappa shape index (κ1) is 25.6. The normalized spacial score (nSPS) is 12.9. The third-order valence-electron chi connectivity index (χ3n) is 4.94. The van der Waals surface area contributed by atoms with Crippen molar-refractivity contribution >= 4 is 23.6 Å². The van der Waals surface area contributed by atoms with Crippen molar-refractivity contribution in [1.29, 1.82) is 0 Å². The van der Waals surface area contributed by atoms with Crippen LogP contribution in [0.4, 0.5) is 4.79 Å². The second-order valence-electron chi connectivity index (χ2n) is 7.99. The Labute approximate surface area is 194 Å². The fraction of sp³-hybridized carbons (Fsp3) is 0.417. The number of hydrogen-bond donors (Lipinski definition) is 4. The summed E-state index contributed by atoms with van der Waals surface area (Å²) >= 11 is 6.17. The largest absolute Gasteiger partial charge is 0.465 e. The van der Waals surface area contributed by atoms with Crippen molar-refractivity contribution in [1.82, 2.24) is 16.0 Å². The molecule has 2 amide bonds. The lowest BCUT2D eigenvalue weighted by Gasteiger charge is -2.21. The van der Waals surface area contributed by atoms with Crippen molar-refractivity contribution in [3.05, 3.63) is 70.2 Å². The van der Waals surface area contributed by atoms with E-state index in [-0.39, 0.29) is 25.1 Å². The third kappa shape index (κ3) is 8.49. The summed E-state index contributed by atoms with van der Waals surface area (Å²) in [5, 5.41) is 17.9. The number of amides is 2. The van der Waals surface area contributed by atoms with Crippen molar-refractivity contribution in [2.45, 2.75) is 32.4 Å². The van der Waals surface area contributed by atoms with Crippen LogP contribution in [0.3, 0.4) is 0 Å². The Balaban J connectivity index is 2.16. The van der Waals surface area contributed by atoms with Crippen LogP contribution in [0.15, 0.2) is 48.5 Å². The van der Waals surface area contributed by atoms with Gasteiger partial charge in [-0.05, 0) is 54.8 Å². The number of carbonyl (C=O) groups excluding carboxylic acids is 1. The molecular weight excluding hydrogens is 430 g/mol. The first-order valence-electron chi connectivity index (χ1n) is 10.7. The fourth-order valence-corrected chi connectivity index (χ4v) is 3.62. The van der Waals surface area contributed by atoms with Gasteiger partial charge in [-0.3, -0.25) is 4.79 Å². The minimum Gasteiger partial charge on any atom is -0.465 e. The first-order chi connectivity index (χ1) is 15.3. The van der Waals surface area contributed by atoms with Crippen molar-refractivity contribution in [3.8, 4) is 0 Å². The molecule has 0 aliphatic heterocycles. The van der Waals surface area contributed by atoms with E-state index in [1.807, 2.05) is 31.3 Å². The van der Waals surface area contributed by atoms with E-state index >= 15 is 0 Å². The number of benzene rings is 2. The van der Waals surface area contributed by atoms with Gasteiger partial charge in [0.2, 0.25) is 0 Å². The van der Waals surface area contributed by atoms with E-state index in [1.54, 1.807) is 24.3 Å². The van der Waals surface area contributed by atoms with Gasteiger partial charge in [-0.2, -0.15) is 0 Å². The quantitative estimate of drug-likeness (QED) is 0.357. The Morgan fingerprint density at radius 3 is 2.38 bits per heavy atom. The number of rotatable bonds is 12. The summed E-state index contributed by atoms with van der Waals surface area (Å²) in [6, 6.07) is 14.7. The van der Waals surface area contributed by atoms with Gasteiger partial charge in [-0.1, -0.05) is 49.7 Å². The lowest BCUT2D eigenvalue weighted by atomic mass is 9.99. The average molecular weight is 462 g/mol. The van der Waals surface area contributed by atoms with Gasteiger partial charge in [0.15, 0.2) is 0 Å². The van der Waals surface area contributed by atoms with E-state index in [0.29, 0.717) is 23.0 Å². The van der Waals surface area contributed by atoms with Gasteiger partial charge >= 0.3 is 6.09 Å². The summed E-state index contributed by atoms with van der Waals surface area (Å²) in [6.45, 7) is 5.15. The Morgan fingerprint density at radius 1 is 1.06 bits per heavy atom. The molecule has 0 radical (unpaired) electrons. The molecule has 0 fully saturated rings. The van der Waals surface area contributed by atoms with E-state index in [0.717, 1.165) is 17.5 Å². The van der Waals surface area contributed by atoms with Crippen LogP contribution in [0, 0.1) is 5.92 Å². The third-order valence-corrected chi connectivity index (χ3v) is 5.17. The van der Waals surface area contributed by atoms with E-state index in [4.69, 9.17) is 21.4 Å². The highest BCUT2D eigenvalue weighted by atomic mass is 35.5. The predicted molar refractivity (Wildman–Crippen MR) is 126 cm³/mol. The molecule has 2 atom stereocenters. The molecule has 7 nitrogen and oxygen atoms in total. The van der Waals surface area contributed by atoms with Crippen LogP contribution in [0.25, 0.3) is 0 Å². The second-order valence-corrected chi connectivity index (χ2v) is 8.42. The van der Waals surface area contributed by atoms with E-state index in [2.05, 4.69) is 29.8 Å². The summed E-state index contributed by atoms with van der Waals surface area (Å²) in [5.74, 6) is 0.368. The molecule has 0 spiro atoms. The molecule has 2 aromatic rings. The first-order valence-corrected chi connectivity index (χ1v) is 11.1. The van der Waals surface area contributed by atoms with E-state index in [9.17, 15) is 9.59 Å². The standard InChI is InChI=1S/C24H32ClN3O4/c1-16(2)12-21(26-3)15-28-23(29)19-8-4-6-17(13-19)22(32-11-10-27-24(30)31)18-7-5-9-20(25)14-18/h4-9,13-14,16,21-22,26-27H,10-12,15H2,1-3H3,(H,28,29)(H,30,31)/t21-,22?/m0/s1. The molecule has 0 aliphatic rings. The number of halogens is 1. The number of likely N-dealkylation sites (N-methyl/N-ethyl adjacent to an activating group) is 1. The predicted octanol–water partition coefficient (Wildman–Crippen LogP) is 4.08. The molecule has 1 unspecified atom stereocenters. The Hall–Kier alpha value is -2.61. The van der Waals surface area contributed by atoms with Crippen LogP contribution < -0.4 is 16.0 Å². The summed E-state index contributed by atoms with van der Waals surface area (Å²) in [7, 11) is 1.89. The molecular formula is C24H32ClN3O4. The van der Waals surface area contributed by atoms with Crippen LogP contribution in [0.1, 0.15) is 47.9 Å². The van der Waals surface area contributed by atoms with E-state index < -0.39 is 12.2 Å². The topological polar surface area (TPSA) is 99.7 Å². The fourth-order valence-electron chi connectivity index (χ4n) is 3.42. The van der Waals surface area contributed by atoms with Crippen LogP contribution in [0.2, 0.25) is 5.02 Å². The van der Waals surface area contributed by atoms with Gasteiger partial charge in [0, 0.05) is 29.7 Å². The Kier molecular flexibility index (Phi) is 10.5. The van der Waals surface area contributed by atoms with Crippen LogP contribution in [-0.4, -0.2) is 49.9 Å². The van der Waals surface area contributed by atoms with Gasteiger partial charge in [-0.25, -0.2) is 4.79 Å². The van der Waals surface area contributed by atoms with E-state index in [1.165, 1.54) is 0 Å². The molecule has 4 N–H and O–H groups in total. The summed E-state index contributed by atoms with van der Waals surface area (Å²) in [6.07, 6.45) is -0.641. The molecule has 8 heteroatoms. The molecule has 0 bridgehead atoms. The van der Waals surface area contributed by atoms with Crippen molar-refractivity contribution in [2.24, 2.45) is 5.92 Å². The summed E-state index contributed by atoms with van der Waals surface area (Å²) < 4.78 is 5.99. The van der Waals surface area contributed by atoms with Crippen molar-refractivity contribution < 1.29 is 19.4 Å². The summed E-state index contributed by atoms with van der Waals surface area (Å²) in [4.78, 5) is 23.5.